The standard InChI is InChI=1S/C27H30N2O2.ClH/c28-19-22-4-2-5-24(18-22)23-13-15-29(16-14-23)27(31)25-6-1-3-21(17-25)8-7-20-9-11-26(30)12-10-20;/h1-6,9-12,17-18,23,30H,7-8,13-16,19,28H2;1H. The number of halogens is 1. The fraction of sp³-hybridized carbons (Fsp3) is 0.296. The summed E-state index contributed by atoms with van der Waals surface area (Å²) in [5, 5.41) is 9.42. The summed E-state index contributed by atoms with van der Waals surface area (Å²) in [5.74, 6) is 0.903. The Kier molecular flexibility index (Phi) is 8.32. The van der Waals surface area contributed by atoms with Crippen molar-refractivity contribution < 1.29 is 9.90 Å². The number of amides is 1. The molecule has 1 heterocycles. The van der Waals surface area contributed by atoms with Crippen LogP contribution in [-0.4, -0.2) is 29.0 Å². The summed E-state index contributed by atoms with van der Waals surface area (Å²) >= 11 is 0. The van der Waals surface area contributed by atoms with E-state index < -0.39 is 0 Å². The van der Waals surface area contributed by atoms with E-state index in [4.69, 9.17) is 5.73 Å². The average Bonchev–Trinajstić information content (AvgIpc) is 2.83. The predicted octanol–water partition coefficient (Wildman–Crippen LogP) is 5.08. The number of hydrogen-bond donors (Lipinski definition) is 2. The van der Waals surface area contributed by atoms with Crippen molar-refractivity contribution in [1.29, 1.82) is 0 Å². The van der Waals surface area contributed by atoms with Gasteiger partial charge in [0.2, 0.25) is 0 Å². The maximum Gasteiger partial charge on any atom is 0.253 e. The van der Waals surface area contributed by atoms with Crippen LogP contribution in [0.4, 0.5) is 0 Å². The summed E-state index contributed by atoms with van der Waals surface area (Å²) in [6.07, 6.45) is 3.72. The van der Waals surface area contributed by atoms with Crippen LogP contribution in [0.2, 0.25) is 0 Å². The van der Waals surface area contributed by atoms with Gasteiger partial charge in [-0.1, -0.05) is 48.5 Å². The van der Waals surface area contributed by atoms with E-state index in [1.165, 1.54) is 16.7 Å². The van der Waals surface area contributed by atoms with Crippen LogP contribution in [0.15, 0.2) is 72.8 Å². The Morgan fingerprint density at radius 3 is 2.25 bits per heavy atom. The van der Waals surface area contributed by atoms with E-state index in [0.29, 0.717) is 12.5 Å². The molecule has 4 nitrogen and oxygen atoms in total. The molecule has 5 heteroatoms. The van der Waals surface area contributed by atoms with Crippen molar-refractivity contribution in [3.63, 3.8) is 0 Å². The fourth-order valence-electron chi connectivity index (χ4n) is 4.38. The highest BCUT2D eigenvalue weighted by Crippen LogP contribution is 2.29. The zero-order valence-electron chi connectivity index (χ0n) is 18.2. The minimum Gasteiger partial charge on any atom is -0.508 e. The molecule has 0 radical (unpaired) electrons. The molecule has 1 amide bonds. The SMILES string of the molecule is Cl.NCc1cccc(C2CCN(C(=O)c3cccc(CCc4ccc(O)cc4)c3)CC2)c1. The number of hydrogen-bond acceptors (Lipinski definition) is 3. The lowest BCUT2D eigenvalue weighted by Crippen LogP contribution is -2.38. The summed E-state index contributed by atoms with van der Waals surface area (Å²) < 4.78 is 0. The van der Waals surface area contributed by atoms with E-state index in [2.05, 4.69) is 30.3 Å². The molecule has 4 rings (SSSR count). The Hall–Kier alpha value is -2.82. The van der Waals surface area contributed by atoms with Gasteiger partial charge in [-0.25, -0.2) is 0 Å². The third kappa shape index (κ3) is 5.90. The zero-order valence-corrected chi connectivity index (χ0v) is 19.1. The lowest BCUT2D eigenvalue weighted by atomic mass is 9.88. The highest BCUT2D eigenvalue weighted by Gasteiger charge is 2.24. The van der Waals surface area contributed by atoms with Crippen molar-refractivity contribution in [2.75, 3.05) is 13.1 Å². The second-order valence-electron chi connectivity index (χ2n) is 8.38. The summed E-state index contributed by atoms with van der Waals surface area (Å²) in [5.41, 5.74) is 11.4. The van der Waals surface area contributed by atoms with Crippen molar-refractivity contribution in [3.05, 3.63) is 101 Å². The number of carbonyl (C=O) groups excluding carboxylic acids is 1. The first-order valence-electron chi connectivity index (χ1n) is 11.1. The van der Waals surface area contributed by atoms with Gasteiger partial charge in [-0.05, 0) is 78.1 Å². The van der Waals surface area contributed by atoms with E-state index in [1.807, 2.05) is 35.2 Å². The lowest BCUT2D eigenvalue weighted by Gasteiger charge is -2.32. The van der Waals surface area contributed by atoms with Crippen molar-refractivity contribution in [1.82, 2.24) is 4.90 Å². The predicted molar refractivity (Wildman–Crippen MR) is 131 cm³/mol. The van der Waals surface area contributed by atoms with Crippen LogP contribution in [0.25, 0.3) is 0 Å². The molecule has 0 bridgehead atoms. The second kappa shape index (κ2) is 11.2. The highest BCUT2D eigenvalue weighted by molar-refractivity contribution is 5.94. The summed E-state index contributed by atoms with van der Waals surface area (Å²) in [7, 11) is 0. The van der Waals surface area contributed by atoms with Gasteiger partial charge in [0.25, 0.3) is 5.91 Å². The van der Waals surface area contributed by atoms with Crippen LogP contribution in [0.5, 0.6) is 5.75 Å². The maximum absolute atomic E-state index is 13.1. The van der Waals surface area contributed by atoms with Crippen LogP contribution in [0.3, 0.4) is 0 Å². The third-order valence-electron chi connectivity index (χ3n) is 6.25. The van der Waals surface area contributed by atoms with E-state index in [1.54, 1.807) is 12.1 Å². The topological polar surface area (TPSA) is 66.6 Å². The number of likely N-dealkylation sites (tertiary alicyclic amines) is 1. The van der Waals surface area contributed by atoms with Gasteiger partial charge in [-0.15, -0.1) is 12.4 Å². The van der Waals surface area contributed by atoms with Crippen molar-refractivity contribution in [3.8, 4) is 5.75 Å². The number of nitrogens with two attached hydrogens (primary N) is 1. The molecule has 0 aromatic heterocycles. The number of phenolic OH excluding ortho intramolecular Hbond substituents is 1. The van der Waals surface area contributed by atoms with Gasteiger partial charge in [-0.2, -0.15) is 0 Å². The van der Waals surface area contributed by atoms with Gasteiger partial charge in [0, 0.05) is 25.2 Å². The molecule has 0 aliphatic carbocycles. The van der Waals surface area contributed by atoms with Gasteiger partial charge < -0.3 is 15.7 Å². The smallest absolute Gasteiger partial charge is 0.253 e. The van der Waals surface area contributed by atoms with Crippen molar-refractivity contribution in [2.45, 2.75) is 38.1 Å². The minimum atomic E-state index is 0. The summed E-state index contributed by atoms with van der Waals surface area (Å²) in [4.78, 5) is 15.1. The molecule has 32 heavy (non-hydrogen) atoms. The second-order valence-corrected chi connectivity index (χ2v) is 8.38. The van der Waals surface area contributed by atoms with Gasteiger partial charge in [0.15, 0.2) is 0 Å². The van der Waals surface area contributed by atoms with Crippen molar-refractivity contribution in [2.24, 2.45) is 5.73 Å². The first-order chi connectivity index (χ1) is 15.1. The number of aromatic hydroxyl groups is 1. The van der Waals surface area contributed by atoms with Crippen LogP contribution < -0.4 is 5.73 Å². The Morgan fingerprint density at radius 1 is 0.875 bits per heavy atom. The number of nitrogens with zero attached hydrogens (tertiary/aromatic N) is 1. The minimum absolute atomic E-state index is 0. The molecule has 3 aromatic carbocycles. The van der Waals surface area contributed by atoms with E-state index >= 15 is 0 Å². The van der Waals surface area contributed by atoms with E-state index in [-0.39, 0.29) is 24.1 Å². The summed E-state index contributed by atoms with van der Waals surface area (Å²) in [6.45, 7) is 2.14. The monoisotopic (exact) mass is 450 g/mol. The molecule has 1 aliphatic rings. The van der Waals surface area contributed by atoms with Gasteiger partial charge in [0.1, 0.15) is 5.75 Å². The van der Waals surface area contributed by atoms with Crippen LogP contribution in [0, 0.1) is 0 Å². The number of benzene rings is 3. The highest BCUT2D eigenvalue weighted by atomic mass is 35.5. The fourth-order valence-corrected chi connectivity index (χ4v) is 4.38. The molecule has 3 N–H and O–H groups in total. The molecule has 168 valence electrons. The van der Waals surface area contributed by atoms with Crippen LogP contribution in [-0.2, 0) is 19.4 Å². The molecule has 0 unspecified atom stereocenters. The van der Waals surface area contributed by atoms with E-state index in [9.17, 15) is 9.90 Å². The molecule has 3 aromatic rings. The molecule has 0 saturated carbocycles. The molecule has 0 atom stereocenters. The number of aryl methyl sites for hydroxylation is 2. The summed E-state index contributed by atoms with van der Waals surface area (Å²) in [6, 6.07) is 23.8. The number of carbonyl (C=O) groups is 1. The molecular weight excluding hydrogens is 420 g/mol. The van der Waals surface area contributed by atoms with Crippen LogP contribution >= 0.6 is 12.4 Å². The average molecular weight is 451 g/mol. The Bertz CT molecular complexity index is 1030. The molecule has 1 aliphatic heterocycles. The van der Waals surface area contributed by atoms with Gasteiger partial charge in [-0.3, -0.25) is 4.79 Å². The van der Waals surface area contributed by atoms with E-state index in [0.717, 1.165) is 49.9 Å². The van der Waals surface area contributed by atoms with Gasteiger partial charge in [0.05, 0.1) is 0 Å². The normalized spacial score (nSPS) is 14.1. The molecular formula is C27H31ClN2O2. The quantitative estimate of drug-likeness (QED) is 0.550. The Morgan fingerprint density at radius 2 is 1.53 bits per heavy atom. The molecule has 1 saturated heterocycles. The van der Waals surface area contributed by atoms with Crippen LogP contribution in [0.1, 0.15) is 51.4 Å². The molecule has 0 spiro atoms. The first-order valence-corrected chi connectivity index (χ1v) is 11.1. The Balaban J connectivity index is 0.00000289. The largest absolute Gasteiger partial charge is 0.508 e. The van der Waals surface area contributed by atoms with Crippen molar-refractivity contribution >= 4 is 18.3 Å². The first kappa shape index (κ1) is 23.8. The molecule has 1 fully saturated rings. The number of piperidine rings is 1. The number of phenols is 1. The maximum atomic E-state index is 13.1. The van der Waals surface area contributed by atoms with Gasteiger partial charge >= 0.3 is 0 Å². The third-order valence-corrected chi connectivity index (χ3v) is 6.25. The lowest BCUT2D eigenvalue weighted by molar-refractivity contribution is 0.0713. The zero-order chi connectivity index (χ0) is 21.6. The number of rotatable bonds is 6. The Labute approximate surface area is 196 Å².